The summed E-state index contributed by atoms with van der Waals surface area (Å²) in [5, 5.41) is 20.2. The van der Waals surface area contributed by atoms with Gasteiger partial charge >= 0.3 is 0 Å². The average molecular weight is 362 g/mol. The largest absolute Gasteiger partial charge is 0.390 e. The molecule has 0 aromatic heterocycles. The maximum Gasteiger partial charge on any atom is 0.293 e. The second kappa shape index (κ2) is 6.12. The van der Waals surface area contributed by atoms with Gasteiger partial charge in [-0.2, -0.15) is 0 Å². The number of nitro benzene ring substituents is 1. The number of nitrogens with one attached hydrogen (secondary N) is 1. The fourth-order valence-electron chi connectivity index (χ4n) is 2.76. The van der Waals surface area contributed by atoms with Gasteiger partial charge in [-0.15, -0.1) is 0 Å². The van der Waals surface area contributed by atoms with Gasteiger partial charge in [-0.3, -0.25) is 10.1 Å². The SMILES string of the molecule is CC(C)(C)[S@@](=O)N[C@]1(C(F)(F)CO)CCc2ccc([N+](=O)[O-])cc21. The smallest absolute Gasteiger partial charge is 0.293 e. The van der Waals surface area contributed by atoms with E-state index in [1.165, 1.54) is 12.1 Å². The van der Waals surface area contributed by atoms with Gasteiger partial charge in [0.1, 0.15) is 12.1 Å². The number of nitro groups is 1. The van der Waals surface area contributed by atoms with Gasteiger partial charge in [-0.1, -0.05) is 6.07 Å². The Morgan fingerprint density at radius 3 is 2.54 bits per heavy atom. The van der Waals surface area contributed by atoms with E-state index >= 15 is 0 Å². The summed E-state index contributed by atoms with van der Waals surface area (Å²) in [7, 11) is -1.85. The van der Waals surface area contributed by atoms with Crippen LogP contribution in [-0.4, -0.2) is 31.5 Å². The quantitative estimate of drug-likeness (QED) is 0.621. The molecule has 1 aliphatic rings. The summed E-state index contributed by atoms with van der Waals surface area (Å²) in [6.45, 7) is 3.43. The van der Waals surface area contributed by atoms with Crippen LogP contribution in [0.3, 0.4) is 0 Å². The topological polar surface area (TPSA) is 92.5 Å². The van der Waals surface area contributed by atoms with Crippen molar-refractivity contribution >= 4 is 16.7 Å². The standard InChI is InChI=1S/C15H20F2N2O4S/c1-13(2,3)24(23)18-14(15(16,17)9-20)7-6-10-4-5-11(19(21)22)8-12(10)14/h4-5,8,18,20H,6-7,9H2,1-3H3/t14-,24-/m1/s1. The highest BCUT2D eigenvalue weighted by molar-refractivity contribution is 7.84. The van der Waals surface area contributed by atoms with E-state index in [1.54, 1.807) is 20.8 Å². The molecule has 0 fully saturated rings. The van der Waals surface area contributed by atoms with Crippen molar-refractivity contribution in [1.82, 2.24) is 4.72 Å². The summed E-state index contributed by atoms with van der Waals surface area (Å²) in [4.78, 5) is 10.3. The van der Waals surface area contributed by atoms with E-state index < -0.39 is 38.7 Å². The third-order valence-corrected chi connectivity index (χ3v) is 5.83. The van der Waals surface area contributed by atoms with Crippen LogP contribution in [0, 0.1) is 10.1 Å². The number of aryl methyl sites for hydroxylation is 1. The number of aliphatic hydroxyl groups is 1. The van der Waals surface area contributed by atoms with Crippen molar-refractivity contribution in [2.24, 2.45) is 0 Å². The number of hydrogen-bond acceptors (Lipinski definition) is 4. The zero-order valence-corrected chi connectivity index (χ0v) is 14.5. The van der Waals surface area contributed by atoms with E-state index in [2.05, 4.69) is 4.72 Å². The zero-order chi connectivity index (χ0) is 18.3. The van der Waals surface area contributed by atoms with Gasteiger partial charge in [0.15, 0.2) is 0 Å². The third-order valence-electron chi connectivity index (χ3n) is 4.18. The van der Waals surface area contributed by atoms with Crippen LogP contribution in [0.5, 0.6) is 0 Å². The molecule has 0 spiro atoms. The van der Waals surface area contributed by atoms with Crippen LogP contribution in [0.4, 0.5) is 14.5 Å². The van der Waals surface area contributed by atoms with Crippen LogP contribution in [0.1, 0.15) is 38.3 Å². The molecule has 2 atom stereocenters. The number of halogens is 2. The van der Waals surface area contributed by atoms with E-state index in [4.69, 9.17) is 0 Å². The van der Waals surface area contributed by atoms with E-state index in [9.17, 15) is 28.2 Å². The number of alkyl halides is 2. The third kappa shape index (κ3) is 3.07. The molecule has 0 saturated carbocycles. The van der Waals surface area contributed by atoms with Crippen LogP contribution >= 0.6 is 0 Å². The summed E-state index contributed by atoms with van der Waals surface area (Å²) >= 11 is 0. The molecule has 1 aromatic rings. The van der Waals surface area contributed by atoms with Crippen molar-refractivity contribution in [3.8, 4) is 0 Å². The van der Waals surface area contributed by atoms with Gasteiger partial charge in [0.05, 0.1) is 20.7 Å². The Morgan fingerprint density at radius 2 is 2.04 bits per heavy atom. The Labute approximate surface area is 141 Å². The lowest BCUT2D eigenvalue weighted by Gasteiger charge is -2.39. The first kappa shape index (κ1) is 18.9. The number of nitrogens with zero attached hydrogens (tertiary/aromatic N) is 1. The average Bonchev–Trinajstić information content (AvgIpc) is 2.86. The molecule has 134 valence electrons. The van der Waals surface area contributed by atoms with E-state index in [-0.39, 0.29) is 24.1 Å². The fourth-order valence-corrected chi connectivity index (χ4v) is 3.74. The molecule has 6 nitrogen and oxygen atoms in total. The van der Waals surface area contributed by atoms with Crippen LogP contribution in [0.25, 0.3) is 0 Å². The lowest BCUT2D eigenvalue weighted by Crippen LogP contribution is -2.58. The van der Waals surface area contributed by atoms with Crippen molar-refractivity contribution in [3.63, 3.8) is 0 Å². The minimum atomic E-state index is -3.63. The predicted octanol–water partition coefficient (Wildman–Crippen LogP) is 2.42. The molecule has 0 saturated heterocycles. The molecule has 0 heterocycles. The van der Waals surface area contributed by atoms with Gasteiger partial charge < -0.3 is 5.11 Å². The molecule has 0 bridgehead atoms. The van der Waals surface area contributed by atoms with Gasteiger partial charge in [0, 0.05) is 12.1 Å². The van der Waals surface area contributed by atoms with Crippen molar-refractivity contribution in [3.05, 3.63) is 39.4 Å². The van der Waals surface area contributed by atoms with Crippen LogP contribution in [0.15, 0.2) is 18.2 Å². The van der Waals surface area contributed by atoms with E-state index in [0.717, 1.165) is 6.07 Å². The van der Waals surface area contributed by atoms with Crippen molar-refractivity contribution in [2.75, 3.05) is 6.61 Å². The van der Waals surface area contributed by atoms with E-state index in [0.29, 0.717) is 5.56 Å². The number of aliphatic hydroxyl groups excluding tert-OH is 1. The molecule has 0 unspecified atom stereocenters. The number of fused-ring (bicyclic) bond motifs is 1. The number of hydrogen-bond donors (Lipinski definition) is 2. The number of rotatable bonds is 5. The second-order valence-corrected chi connectivity index (χ2v) is 8.82. The van der Waals surface area contributed by atoms with Gasteiger partial charge in [0.25, 0.3) is 11.6 Å². The Hall–Kier alpha value is -1.45. The molecular weight excluding hydrogens is 342 g/mol. The van der Waals surface area contributed by atoms with Gasteiger partial charge in [-0.25, -0.2) is 17.7 Å². The monoisotopic (exact) mass is 362 g/mol. The summed E-state index contributed by atoms with van der Waals surface area (Å²) in [5.41, 5.74) is -1.89. The van der Waals surface area contributed by atoms with Crippen molar-refractivity contribution < 1.29 is 23.0 Å². The molecule has 0 aliphatic heterocycles. The summed E-state index contributed by atoms with van der Waals surface area (Å²) in [5.74, 6) is -3.63. The normalized spacial score (nSPS) is 22.2. The zero-order valence-electron chi connectivity index (χ0n) is 13.6. The molecular formula is C15H20F2N2O4S. The first-order valence-electron chi connectivity index (χ1n) is 7.41. The van der Waals surface area contributed by atoms with Crippen LogP contribution in [0.2, 0.25) is 0 Å². The summed E-state index contributed by atoms with van der Waals surface area (Å²) in [6, 6.07) is 3.77. The van der Waals surface area contributed by atoms with Crippen LogP contribution in [-0.2, 0) is 22.9 Å². The maximum absolute atomic E-state index is 14.7. The molecule has 0 radical (unpaired) electrons. The molecule has 1 aromatic carbocycles. The highest BCUT2D eigenvalue weighted by atomic mass is 32.2. The lowest BCUT2D eigenvalue weighted by atomic mass is 9.86. The Bertz CT molecular complexity index is 691. The van der Waals surface area contributed by atoms with Crippen LogP contribution < -0.4 is 4.72 Å². The first-order chi connectivity index (χ1) is 10.9. The Kier molecular flexibility index (Phi) is 4.82. The fraction of sp³-hybridized carbons (Fsp3) is 0.600. The van der Waals surface area contributed by atoms with E-state index in [1.807, 2.05) is 0 Å². The molecule has 0 amide bonds. The Morgan fingerprint density at radius 1 is 1.42 bits per heavy atom. The summed E-state index contributed by atoms with van der Waals surface area (Å²) in [6.07, 6.45) is 0.135. The van der Waals surface area contributed by atoms with Crippen molar-refractivity contribution in [1.29, 1.82) is 0 Å². The summed E-state index contributed by atoms with van der Waals surface area (Å²) < 4.78 is 43.4. The lowest BCUT2D eigenvalue weighted by molar-refractivity contribution is -0.385. The number of non-ortho nitro benzene ring substituents is 1. The molecule has 2 N–H and O–H groups in total. The maximum atomic E-state index is 14.7. The minimum Gasteiger partial charge on any atom is -0.390 e. The highest BCUT2D eigenvalue weighted by Crippen LogP contribution is 2.48. The Balaban J connectivity index is 2.62. The highest BCUT2D eigenvalue weighted by Gasteiger charge is 2.59. The molecule has 2 rings (SSSR count). The van der Waals surface area contributed by atoms with Gasteiger partial charge in [0.2, 0.25) is 0 Å². The number of benzene rings is 1. The first-order valence-corrected chi connectivity index (χ1v) is 8.56. The molecule has 24 heavy (non-hydrogen) atoms. The minimum absolute atomic E-state index is 0.0216. The second-order valence-electron chi connectivity index (χ2n) is 6.85. The molecule has 9 heteroatoms. The predicted molar refractivity (Wildman–Crippen MR) is 86.2 cm³/mol. The van der Waals surface area contributed by atoms with Crippen molar-refractivity contribution in [2.45, 2.75) is 49.8 Å². The molecule has 1 aliphatic carbocycles. The van der Waals surface area contributed by atoms with Gasteiger partial charge in [-0.05, 0) is 44.7 Å².